The lowest BCUT2D eigenvalue weighted by atomic mass is 10.1. The van der Waals surface area contributed by atoms with Crippen molar-refractivity contribution in [3.05, 3.63) is 63.1 Å². The van der Waals surface area contributed by atoms with Crippen LogP contribution in [-0.2, 0) is 26.2 Å². The van der Waals surface area contributed by atoms with Crippen LogP contribution in [0.1, 0.15) is 39.2 Å². The van der Waals surface area contributed by atoms with Crippen LogP contribution in [0.2, 0.25) is 15.1 Å². The maximum absolute atomic E-state index is 13.3. The molecule has 11 heteroatoms. The number of nitrogens with zero attached hydrogens (tertiary/aromatic N) is 2. The van der Waals surface area contributed by atoms with Gasteiger partial charge in [-0.3, -0.25) is 13.9 Å². The van der Waals surface area contributed by atoms with Gasteiger partial charge in [-0.15, -0.1) is 0 Å². The van der Waals surface area contributed by atoms with E-state index in [9.17, 15) is 18.0 Å². The van der Waals surface area contributed by atoms with Gasteiger partial charge in [-0.2, -0.15) is 0 Å². The van der Waals surface area contributed by atoms with Gasteiger partial charge in [0.1, 0.15) is 6.04 Å². The first-order valence-electron chi connectivity index (χ1n) is 11.1. The molecular formula is C24H30Cl3N3O4S. The molecule has 0 saturated heterocycles. The van der Waals surface area contributed by atoms with E-state index in [1.54, 1.807) is 31.2 Å². The van der Waals surface area contributed by atoms with E-state index < -0.39 is 16.1 Å². The number of carbonyl (C=O) groups is 2. The van der Waals surface area contributed by atoms with Crippen LogP contribution in [0.5, 0.6) is 0 Å². The summed E-state index contributed by atoms with van der Waals surface area (Å²) < 4.78 is 26.0. The Hall–Kier alpha value is -2.00. The first-order valence-corrected chi connectivity index (χ1v) is 14.0. The van der Waals surface area contributed by atoms with Gasteiger partial charge in [0, 0.05) is 35.6 Å². The fourth-order valence-electron chi connectivity index (χ4n) is 3.48. The molecule has 0 aliphatic carbocycles. The number of nitrogens with one attached hydrogen (secondary N) is 1. The summed E-state index contributed by atoms with van der Waals surface area (Å²) in [6.45, 7) is 5.54. The Kier molecular flexibility index (Phi) is 10.7. The number of hydrogen-bond acceptors (Lipinski definition) is 4. The normalized spacial score (nSPS) is 12.3. The highest BCUT2D eigenvalue weighted by atomic mass is 35.5. The molecule has 0 aliphatic rings. The maximum Gasteiger partial charge on any atom is 0.242 e. The molecule has 0 aliphatic heterocycles. The molecule has 0 spiro atoms. The fraction of sp³-hybridized carbons (Fsp3) is 0.417. The first kappa shape index (κ1) is 29.2. The minimum absolute atomic E-state index is 0.0161. The Morgan fingerprint density at radius 1 is 1.00 bits per heavy atom. The van der Waals surface area contributed by atoms with E-state index >= 15 is 0 Å². The van der Waals surface area contributed by atoms with Crippen LogP contribution in [0.4, 0.5) is 5.69 Å². The third-order valence-corrected chi connectivity index (χ3v) is 7.14. The van der Waals surface area contributed by atoms with Crippen molar-refractivity contribution in [2.24, 2.45) is 0 Å². The monoisotopic (exact) mass is 561 g/mol. The second kappa shape index (κ2) is 12.8. The molecule has 0 saturated carbocycles. The fourth-order valence-corrected chi connectivity index (χ4v) is 5.10. The molecule has 0 aromatic heterocycles. The minimum Gasteiger partial charge on any atom is -0.352 e. The van der Waals surface area contributed by atoms with Gasteiger partial charge in [0.05, 0.1) is 17.0 Å². The number of carbonyl (C=O) groups excluding carboxylic acids is 2. The first-order chi connectivity index (χ1) is 16.3. The average molecular weight is 563 g/mol. The lowest BCUT2D eigenvalue weighted by molar-refractivity contribution is -0.140. The predicted octanol–water partition coefficient (Wildman–Crippen LogP) is 5.13. The zero-order chi connectivity index (χ0) is 26.3. The number of benzene rings is 2. The molecule has 0 bridgehead atoms. The Labute approximate surface area is 222 Å². The third-order valence-electron chi connectivity index (χ3n) is 5.17. The summed E-state index contributed by atoms with van der Waals surface area (Å²) in [7, 11) is -3.69. The summed E-state index contributed by atoms with van der Waals surface area (Å²) in [6.07, 6.45) is 1.29. The zero-order valence-corrected chi connectivity index (χ0v) is 23.2. The van der Waals surface area contributed by atoms with Gasteiger partial charge in [-0.05, 0) is 63.1 Å². The van der Waals surface area contributed by atoms with E-state index in [1.807, 2.05) is 19.9 Å². The Morgan fingerprint density at radius 3 is 2.26 bits per heavy atom. The molecule has 0 unspecified atom stereocenters. The zero-order valence-electron chi connectivity index (χ0n) is 20.1. The highest BCUT2D eigenvalue weighted by Gasteiger charge is 2.27. The number of halogens is 3. The van der Waals surface area contributed by atoms with Crippen molar-refractivity contribution in [2.45, 2.75) is 52.2 Å². The molecule has 2 aromatic rings. The Bertz CT molecular complexity index is 1160. The Morgan fingerprint density at radius 2 is 1.66 bits per heavy atom. The molecule has 1 N–H and O–H groups in total. The quantitative estimate of drug-likeness (QED) is 0.411. The van der Waals surface area contributed by atoms with Crippen LogP contribution < -0.4 is 9.62 Å². The summed E-state index contributed by atoms with van der Waals surface area (Å²) in [6, 6.07) is 10.8. The smallest absolute Gasteiger partial charge is 0.242 e. The summed E-state index contributed by atoms with van der Waals surface area (Å²) in [5, 5.41) is 3.92. The molecule has 2 aromatic carbocycles. The number of hydrogen-bond donors (Lipinski definition) is 1. The van der Waals surface area contributed by atoms with Gasteiger partial charge in [-0.25, -0.2) is 8.42 Å². The van der Waals surface area contributed by atoms with Gasteiger partial charge >= 0.3 is 0 Å². The highest BCUT2D eigenvalue weighted by Crippen LogP contribution is 2.31. The van der Waals surface area contributed by atoms with Crippen molar-refractivity contribution in [1.29, 1.82) is 0 Å². The van der Waals surface area contributed by atoms with Crippen molar-refractivity contribution in [3.63, 3.8) is 0 Å². The number of sulfonamides is 1. The van der Waals surface area contributed by atoms with E-state index in [0.29, 0.717) is 10.0 Å². The number of anilines is 1. The molecule has 7 nitrogen and oxygen atoms in total. The van der Waals surface area contributed by atoms with Gasteiger partial charge < -0.3 is 10.2 Å². The summed E-state index contributed by atoms with van der Waals surface area (Å²) >= 11 is 18.3. The SMILES string of the molecule is CC(C)NC(=O)[C@H](C)N(Cc1cccc(Cl)c1)C(=O)CCCN(c1cc(Cl)ccc1Cl)S(C)(=O)=O. The van der Waals surface area contributed by atoms with Crippen LogP contribution in [-0.4, -0.2) is 50.0 Å². The van der Waals surface area contributed by atoms with E-state index in [-0.39, 0.29) is 54.5 Å². The molecule has 2 amide bonds. The second-order valence-electron chi connectivity index (χ2n) is 8.53. The molecule has 192 valence electrons. The van der Waals surface area contributed by atoms with Crippen LogP contribution in [0.25, 0.3) is 0 Å². The summed E-state index contributed by atoms with van der Waals surface area (Å²) in [5.41, 5.74) is 1.02. The van der Waals surface area contributed by atoms with E-state index in [2.05, 4.69) is 5.32 Å². The van der Waals surface area contributed by atoms with Crippen molar-refractivity contribution in [1.82, 2.24) is 10.2 Å². The topological polar surface area (TPSA) is 86.8 Å². The molecule has 1 atom stereocenters. The molecule has 0 radical (unpaired) electrons. The van der Waals surface area contributed by atoms with E-state index in [1.165, 1.54) is 17.0 Å². The summed E-state index contributed by atoms with van der Waals surface area (Å²) in [4.78, 5) is 27.4. The van der Waals surface area contributed by atoms with Gasteiger partial charge in [0.25, 0.3) is 0 Å². The second-order valence-corrected chi connectivity index (χ2v) is 11.7. The van der Waals surface area contributed by atoms with Gasteiger partial charge in [0.15, 0.2) is 0 Å². The predicted molar refractivity (Wildman–Crippen MR) is 143 cm³/mol. The molecule has 0 heterocycles. The van der Waals surface area contributed by atoms with Crippen molar-refractivity contribution < 1.29 is 18.0 Å². The third kappa shape index (κ3) is 8.86. The standard InChI is InChI=1S/C24H30Cl3N3O4S/c1-16(2)28-24(32)17(3)29(15-18-7-5-8-19(25)13-18)23(31)9-6-12-30(35(4,33)34)22-14-20(26)10-11-21(22)27/h5,7-8,10-11,13-14,16-17H,6,9,12,15H2,1-4H3,(H,28,32)/t17-/m0/s1. The molecular weight excluding hydrogens is 533 g/mol. The van der Waals surface area contributed by atoms with Crippen LogP contribution in [0, 0.1) is 0 Å². The van der Waals surface area contributed by atoms with Crippen LogP contribution in [0.15, 0.2) is 42.5 Å². The minimum atomic E-state index is -3.69. The van der Waals surface area contributed by atoms with Crippen molar-refractivity contribution >= 4 is 62.3 Å². The van der Waals surface area contributed by atoms with Gasteiger partial charge in [-0.1, -0.05) is 46.9 Å². The Balaban J connectivity index is 2.21. The van der Waals surface area contributed by atoms with E-state index in [0.717, 1.165) is 16.1 Å². The summed E-state index contributed by atoms with van der Waals surface area (Å²) in [5.74, 6) is -0.569. The molecule has 0 fully saturated rings. The molecule has 2 rings (SSSR count). The lowest BCUT2D eigenvalue weighted by Gasteiger charge is -2.30. The number of rotatable bonds is 11. The van der Waals surface area contributed by atoms with Crippen molar-refractivity contribution in [3.8, 4) is 0 Å². The average Bonchev–Trinajstić information content (AvgIpc) is 2.75. The lowest BCUT2D eigenvalue weighted by Crippen LogP contribution is -2.49. The highest BCUT2D eigenvalue weighted by molar-refractivity contribution is 7.92. The number of amides is 2. The van der Waals surface area contributed by atoms with E-state index in [4.69, 9.17) is 34.8 Å². The molecule has 35 heavy (non-hydrogen) atoms. The maximum atomic E-state index is 13.3. The largest absolute Gasteiger partial charge is 0.352 e. The van der Waals surface area contributed by atoms with Crippen molar-refractivity contribution in [2.75, 3.05) is 17.1 Å². The van der Waals surface area contributed by atoms with Crippen LogP contribution >= 0.6 is 34.8 Å². The van der Waals surface area contributed by atoms with Crippen LogP contribution in [0.3, 0.4) is 0 Å². The van der Waals surface area contributed by atoms with Gasteiger partial charge in [0.2, 0.25) is 21.8 Å².